The summed E-state index contributed by atoms with van der Waals surface area (Å²) in [4.78, 5) is 38.4. The Hall–Kier alpha value is -3.76. The fourth-order valence-electron chi connectivity index (χ4n) is 3.77. The minimum absolute atomic E-state index is 0.0813. The zero-order valence-electron chi connectivity index (χ0n) is 18.6. The van der Waals surface area contributed by atoms with Gasteiger partial charge in [0.25, 0.3) is 5.91 Å². The number of hydrogen-bond donors (Lipinski definition) is 1. The number of benzene rings is 2. The van der Waals surface area contributed by atoms with Crippen molar-refractivity contribution in [2.24, 2.45) is 0 Å². The molecule has 10 heteroatoms. The Kier molecular flexibility index (Phi) is 6.36. The number of carbonyl (C=O) groups excluding carboxylic acids is 3. The number of nitrogens with zero attached hydrogens (tertiary/aromatic N) is 2. The zero-order chi connectivity index (χ0) is 24.5. The first-order valence-corrected chi connectivity index (χ1v) is 12.0. The van der Waals surface area contributed by atoms with E-state index < -0.39 is 27.9 Å². The molecule has 1 N–H and O–H groups in total. The van der Waals surface area contributed by atoms with Gasteiger partial charge in [0.05, 0.1) is 29.8 Å². The maximum Gasteiger partial charge on any atom is 0.252 e. The van der Waals surface area contributed by atoms with E-state index >= 15 is 0 Å². The molecule has 1 atom stereocenters. The van der Waals surface area contributed by atoms with Crippen LogP contribution in [0.5, 0.6) is 0 Å². The second-order valence-electron chi connectivity index (χ2n) is 7.96. The highest BCUT2D eigenvalue weighted by Gasteiger charge is 2.47. The van der Waals surface area contributed by atoms with E-state index in [0.717, 1.165) is 14.8 Å². The van der Waals surface area contributed by atoms with Gasteiger partial charge in [0.1, 0.15) is 11.8 Å². The summed E-state index contributed by atoms with van der Waals surface area (Å²) >= 11 is 0. The first-order valence-electron chi connectivity index (χ1n) is 10.5. The Labute approximate surface area is 197 Å². The number of carbonyl (C=O) groups is 3. The summed E-state index contributed by atoms with van der Waals surface area (Å²) in [6, 6.07) is 14.4. The molecule has 1 aliphatic rings. The second kappa shape index (κ2) is 9.24. The van der Waals surface area contributed by atoms with E-state index in [-0.39, 0.29) is 23.8 Å². The molecule has 9 nitrogen and oxygen atoms in total. The van der Waals surface area contributed by atoms with Crippen molar-refractivity contribution in [3.63, 3.8) is 0 Å². The number of rotatable bonds is 7. The summed E-state index contributed by atoms with van der Waals surface area (Å²) in [6.07, 6.45) is 1.11. The molecule has 2 aromatic carbocycles. The van der Waals surface area contributed by atoms with Gasteiger partial charge < -0.3 is 9.73 Å². The maximum absolute atomic E-state index is 13.6. The molecule has 4 rings (SSSR count). The molecule has 0 bridgehead atoms. The number of nitrogens with one attached hydrogen (secondary N) is 1. The SMILES string of the molecule is CC(=O)Nc1ccc(S(=O)(=O)N(Cc2ccco2)C2CC(=O)N(c3ccc(C)cc3)C2=O)cc1. The molecule has 0 radical (unpaired) electrons. The highest BCUT2D eigenvalue weighted by molar-refractivity contribution is 7.89. The summed E-state index contributed by atoms with van der Waals surface area (Å²) < 4.78 is 33.6. The highest BCUT2D eigenvalue weighted by Crippen LogP contribution is 2.31. The third-order valence-electron chi connectivity index (χ3n) is 5.44. The van der Waals surface area contributed by atoms with Crippen LogP contribution in [-0.4, -0.2) is 36.5 Å². The van der Waals surface area contributed by atoms with Crippen LogP contribution in [-0.2, 0) is 31.0 Å². The van der Waals surface area contributed by atoms with Gasteiger partial charge in [-0.15, -0.1) is 0 Å². The quantitative estimate of drug-likeness (QED) is 0.519. The van der Waals surface area contributed by atoms with Crippen LogP contribution >= 0.6 is 0 Å². The van der Waals surface area contributed by atoms with Gasteiger partial charge in [-0.3, -0.25) is 14.4 Å². The molecular formula is C24H23N3O6S. The molecular weight excluding hydrogens is 458 g/mol. The predicted molar refractivity (Wildman–Crippen MR) is 124 cm³/mol. The Morgan fingerprint density at radius 2 is 1.76 bits per heavy atom. The summed E-state index contributed by atoms with van der Waals surface area (Å²) in [7, 11) is -4.21. The molecule has 0 spiro atoms. The van der Waals surface area contributed by atoms with E-state index in [9.17, 15) is 22.8 Å². The topological polar surface area (TPSA) is 117 Å². The number of aryl methyl sites for hydroxylation is 1. The number of amides is 3. The lowest BCUT2D eigenvalue weighted by Gasteiger charge is -2.26. The third kappa shape index (κ3) is 4.63. The minimum atomic E-state index is -4.21. The standard InChI is InChI=1S/C24H23N3O6S/c1-16-5-9-19(10-6-16)27-23(29)14-22(24(27)30)26(15-20-4-3-13-33-20)34(31,32)21-11-7-18(8-12-21)25-17(2)28/h3-13,22H,14-15H2,1-2H3,(H,25,28). The van der Waals surface area contributed by atoms with Crippen LogP contribution in [0.25, 0.3) is 0 Å². The maximum atomic E-state index is 13.6. The largest absolute Gasteiger partial charge is 0.468 e. The van der Waals surface area contributed by atoms with Crippen molar-refractivity contribution < 1.29 is 27.2 Å². The first-order chi connectivity index (χ1) is 16.2. The summed E-state index contributed by atoms with van der Waals surface area (Å²) in [5.74, 6) is -1.08. The second-order valence-corrected chi connectivity index (χ2v) is 9.85. The van der Waals surface area contributed by atoms with Gasteiger partial charge >= 0.3 is 0 Å². The Bertz CT molecular complexity index is 1320. The Morgan fingerprint density at radius 1 is 1.09 bits per heavy atom. The van der Waals surface area contributed by atoms with Crippen LogP contribution in [0.1, 0.15) is 24.7 Å². The van der Waals surface area contributed by atoms with Crippen molar-refractivity contribution in [3.8, 4) is 0 Å². The van der Waals surface area contributed by atoms with Gasteiger partial charge in [0.2, 0.25) is 21.8 Å². The van der Waals surface area contributed by atoms with Crippen LogP contribution < -0.4 is 10.2 Å². The lowest BCUT2D eigenvalue weighted by molar-refractivity contribution is -0.122. The van der Waals surface area contributed by atoms with Crippen molar-refractivity contribution in [1.29, 1.82) is 0 Å². The average molecular weight is 482 g/mol. The van der Waals surface area contributed by atoms with Crippen molar-refractivity contribution in [1.82, 2.24) is 4.31 Å². The molecule has 34 heavy (non-hydrogen) atoms. The van der Waals surface area contributed by atoms with Gasteiger partial charge in [-0.1, -0.05) is 17.7 Å². The Balaban J connectivity index is 1.70. The number of hydrogen-bond acceptors (Lipinski definition) is 6. The highest BCUT2D eigenvalue weighted by atomic mass is 32.2. The van der Waals surface area contributed by atoms with Gasteiger partial charge in [-0.05, 0) is 55.5 Å². The molecule has 176 valence electrons. The van der Waals surface area contributed by atoms with Crippen molar-refractivity contribution in [2.45, 2.75) is 37.8 Å². The van der Waals surface area contributed by atoms with Crippen molar-refractivity contribution >= 4 is 39.1 Å². The van der Waals surface area contributed by atoms with Crippen LogP contribution in [0.2, 0.25) is 0 Å². The molecule has 3 aromatic rings. The molecule has 1 fully saturated rings. The van der Waals surface area contributed by atoms with E-state index in [0.29, 0.717) is 17.1 Å². The van der Waals surface area contributed by atoms with Crippen molar-refractivity contribution in [2.75, 3.05) is 10.2 Å². The third-order valence-corrected chi connectivity index (χ3v) is 7.30. The van der Waals surface area contributed by atoms with Crippen LogP contribution in [0, 0.1) is 6.92 Å². The van der Waals surface area contributed by atoms with E-state index in [2.05, 4.69) is 5.32 Å². The molecule has 1 unspecified atom stereocenters. The first kappa shape index (κ1) is 23.4. The fraction of sp³-hybridized carbons (Fsp3) is 0.208. The number of imide groups is 1. The van der Waals surface area contributed by atoms with E-state index in [1.54, 1.807) is 36.4 Å². The molecule has 3 amide bonds. The van der Waals surface area contributed by atoms with Gasteiger partial charge in [0.15, 0.2) is 0 Å². The minimum Gasteiger partial charge on any atom is -0.468 e. The molecule has 1 saturated heterocycles. The van der Waals surface area contributed by atoms with Crippen LogP contribution in [0.4, 0.5) is 11.4 Å². The summed E-state index contributed by atoms with van der Waals surface area (Å²) in [5.41, 5.74) is 1.78. The van der Waals surface area contributed by atoms with Crippen LogP contribution in [0.3, 0.4) is 0 Å². The average Bonchev–Trinajstić information content (AvgIpc) is 3.40. The monoisotopic (exact) mass is 481 g/mol. The normalized spacial score (nSPS) is 16.3. The summed E-state index contributed by atoms with van der Waals surface area (Å²) in [6.45, 7) is 3.00. The van der Waals surface area contributed by atoms with E-state index in [1.807, 2.05) is 6.92 Å². The van der Waals surface area contributed by atoms with Gasteiger partial charge in [-0.25, -0.2) is 13.3 Å². The molecule has 1 aliphatic heterocycles. The van der Waals surface area contributed by atoms with Crippen molar-refractivity contribution in [3.05, 3.63) is 78.3 Å². The zero-order valence-corrected chi connectivity index (χ0v) is 19.4. The molecule has 0 saturated carbocycles. The van der Waals surface area contributed by atoms with E-state index in [4.69, 9.17) is 4.42 Å². The molecule has 1 aromatic heterocycles. The van der Waals surface area contributed by atoms with Gasteiger partial charge in [0, 0.05) is 12.6 Å². The predicted octanol–water partition coefficient (Wildman–Crippen LogP) is 3.07. The smallest absolute Gasteiger partial charge is 0.252 e. The summed E-state index contributed by atoms with van der Waals surface area (Å²) in [5, 5.41) is 2.58. The fourth-order valence-corrected chi connectivity index (χ4v) is 5.32. The molecule has 2 heterocycles. The number of anilines is 2. The number of furan rings is 1. The lowest BCUT2D eigenvalue weighted by atomic mass is 10.2. The van der Waals surface area contributed by atoms with Gasteiger partial charge in [-0.2, -0.15) is 4.31 Å². The lowest BCUT2D eigenvalue weighted by Crippen LogP contribution is -2.45. The van der Waals surface area contributed by atoms with E-state index in [1.165, 1.54) is 37.5 Å². The van der Waals surface area contributed by atoms with Crippen LogP contribution in [0.15, 0.2) is 76.2 Å². The Morgan fingerprint density at radius 3 is 2.35 bits per heavy atom. The molecule has 0 aliphatic carbocycles. The number of sulfonamides is 1.